The highest BCUT2D eigenvalue weighted by molar-refractivity contribution is 7.99. The van der Waals surface area contributed by atoms with Crippen molar-refractivity contribution < 1.29 is 4.39 Å². The molecule has 1 heterocycles. The third-order valence-electron chi connectivity index (χ3n) is 3.66. The normalized spacial score (nSPS) is 16.1. The van der Waals surface area contributed by atoms with Crippen molar-refractivity contribution in [2.24, 2.45) is 0 Å². The summed E-state index contributed by atoms with van der Waals surface area (Å²) in [6, 6.07) is 5.10. The summed E-state index contributed by atoms with van der Waals surface area (Å²) in [5.74, 6) is -0.252. The van der Waals surface area contributed by atoms with Gasteiger partial charge in [0.25, 0.3) is 0 Å². The quantitative estimate of drug-likeness (QED) is 0.891. The summed E-state index contributed by atoms with van der Waals surface area (Å²) in [5, 5.41) is 10.2. The van der Waals surface area contributed by atoms with Crippen LogP contribution in [-0.4, -0.2) is 21.8 Å². The Morgan fingerprint density at radius 2 is 2.29 bits per heavy atom. The fourth-order valence-electron chi connectivity index (χ4n) is 2.29. The van der Waals surface area contributed by atoms with E-state index in [9.17, 15) is 9.18 Å². The zero-order chi connectivity index (χ0) is 15.0. The molecule has 1 unspecified atom stereocenters. The topological polar surface area (TPSA) is 62.7 Å². The predicted octanol–water partition coefficient (Wildman–Crippen LogP) is 2.48. The van der Waals surface area contributed by atoms with Crippen LogP contribution in [0.2, 0.25) is 0 Å². The number of nitrogens with zero attached hydrogens (tertiary/aromatic N) is 2. The fourth-order valence-corrected chi connectivity index (χ4v) is 3.44. The molecule has 21 heavy (non-hydrogen) atoms. The largest absolute Gasteiger partial charge is 0.344 e. The smallest absolute Gasteiger partial charge is 0.313 e. The lowest BCUT2D eigenvalue weighted by Gasteiger charge is -2.16. The second-order valence-electron chi connectivity index (χ2n) is 5.18. The summed E-state index contributed by atoms with van der Waals surface area (Å²) < 4.78 is 15.8. The Balaban J connectivity index is 1.99. The summed E-state index contributed by atoms with van der Waals surface area (Å²) in [4.78, 5) is 12.6. The molecule has 1 aromatic carbocycles. The van der Waals surface area contributed by atoms with Crippen molar-refractivity contribution >= 4 is 11.8 Å². The first-order valence-electron chi connectivity index (χ1n) is 6.92. The molecule has 3 rings (SSSR count). The molecule has 7 heteroatoms. The molecule has 0 aliphatic heterocycles. The molecule has 1 aromatic heterocycles. The Bertz CT molecular complexity index is 707. The van der Waals surface area contributed by atoms with Gasteiger partial charge in [-0.3, -0.25) is 4.57 Å². The molecule has 1 aliphatic carbocycles. The summed E-state index contributed by atoms with van der Waals surface area (Å²) in [6.45, 7) is 1.90. The lowest BCUT2D eigenvalue weighted by molar-refractivity contribution is 0.551. The number of aromatic nitrogens is 3. The van der Waals surface area contributed by atoms with Gasteiger partial charge in [0.1, 0.15) is 5.82 Å². The molecule has 1 saturated carbocycles. The van der Waals surface area contributed by atoms with Gasteiger partial charge in [0.05, 0.1) is 0 Å². The number of H-pyrrole nitrogens is 1. The van der Waals surface area contributed by atoms with Crippen LogP contribution < -0.4 is 11.0 Å². The third-order valence-corrected chi connectivity index (χ3v) is 4.71. The Labute approximate surface area is 125 Å². The van der Waals surface area contributed by atoms with E-state index in [4.69, 9.17) is 0 Å². The number of aromatic amines is 1. The molecular weight excluding hydrogens is 291 g/mol. The molecule has 5 nitrogen and oxygen atoms in total. The average molecular weight is 308 g/mol. The number of rotatable bonds is 5. The van der Waals surface area contributed by atoms with Crippen molar-refractivity contribution in [1.82, 2.24) is 20.1 Å². The van der Waals surface area contributed by atoms with Gasteiger partial charge in [-0.1, -0.05) is 6.07 Å². The number of benzene rings is 1. The molecule has 1 aliphatic rings. The van der Waals surface area contributed by atoms with Crippen LogP contribution in [0.4, 0.5) is 4.39 Å². The van der Waals surface area contributed by atoms with Crippen LogP contribution in [-0.2, 0) is 0 Å². The summed E-state index contributed by atoms with van der Waals surface area (Å²) in [7, 11) is 1.79. The third kappa shape index (κ3) is 2.75. The van der Waals surface area contributed by atoms with E-state index in [2.05, 4.69) is 15.5 Å². The van der Waals surface area contributed by atoms with E-state index in [-0.39, 0.29) is 23.6 Å². The second kappa shape index (κ2) is 5.65. The molecule has 2 N–H and O–H groups in total. The molecule has 112 valence electrons. The van der Waals surface area contributed by atoms with E-state index in [1.165, 1.54) is 17.8 Å². The Hall–Kier alpha value is -1.60. The Morgan fingerprint density at radius 3 is 2.95 bits per heavy atom. The Kier molecular flexibility index (Phi) is 3.86. The molecule has 0 radical (unpaired) electrons. The number of hydrogen-bond donors (Lipinski definition) is 2. The van der Waals surface area contributed by atoms with E-state index in [1.807, 2.05) is 13.0 Å². The highest BCUT2D eigenvalue weighted by Gasteiger charge is 2.29. The lowest BCUT2D eigenvalue weighted by Crippen LogP contribution is -2.17. The maximum absolute atomic E-state index is 14.1. The molecule has 1 fully saturated rings. The van der Waals surface area contributed by atoms with Crippen LogP contribution >= 0.6 is 11.8 Å². The van der Waals surface area contributed by atoms with E-state index in [1.54, 1.807) is 17.7 Å². The zero-order valence-corrected chi connectivity index (χ0v) is 12.7. The van der Waals surface area contributed by atoms with Crippen LogP contribution in [0.3, 0.4) is 0 Å². The number of halogens is 1. The molecular formula is C14H17FN4OS. The molecule has 0 amide bonds. The van der Waals surface area contributed by atoms with Gasteiger partial charge in [-0.05, 0) is 50.7 Å². The van der Waals surface area contributed by atoms with E-state index >= 15 is 0 Å². The predicted molar refractivity (Wildman–Crippen MR) is 79.1 cm³/mol. The van der Waals surface area contributed by atoms with Gasteiger partial charge < -0.3 is 5.32 Å². The molecule has 0 spiro atoms. The first-order valence-corrected chi connectivity index (χ1v) is 7.74. The minimum atomic E-state index is -0.252. The van der Waals surface area contributed by atoms with Crippen molar-refractivity contribution in [3.8, 4) is 0 Å². The van der Waals surface area contributed by atoms with E-state index < -0.39 is 0 Å². The van der Waals surface area contributed by atoms with E-state index in [0.29, 0.717) is 10.7 Å². The van der Waals surface area contributed by atoms with Gasteiger partial charge >= 0.3 is 5.69 Å². The molecule has 1 atom stereocenters. The van der Waals surface area contributed by atoms with Crippen molar-refractivity contribution in [3.05, 3.63) is 40.1 Å². The number of nitrogens with one attached hydrogen (secondary N) is 2. The standard InChI is InChI=1S/C14H17FN4OS/c1-8(16-2)12-10(15)4-3-5-11(12)21-14-18-17-13(20)19(14)9-6-7-9/h3-5,8-9,16H,6-7H2,1-2H3,(H,17,20). The van der Waals surface area contributed by atoms with Crippen LogP contribution in [0.25, 0.3) is 0 Å². The SMILES string of the molecule is CNC(C)c1c(F)cccc1Sc1n[nH]c(=O)n1C1CC1. The Morgan fingerprint density at radius 1 is 1.52 bits per heavy atom. The monoisotopic (exact) mass is 308 g/mol. The average Bonchev–Trinajstić information content (AvgIpc) is 3.23. The van der Waals surface area contributed by atoms with Gasteiger partial charge in [0.2, 0.25) is 0 Å². The number of hydrogen-bond acceptors (Lipinski definition) is 4. The van der Waals surface area contributed by atoms with Crippen LogP contribution in [0.15, 0.2) is 33.0 Å². The lowest BCUT2D eigenvalue weighted by atomic mass is 10.1. The van der Waals surface area contributed by atoms with Gasteiger partial charge in [-0.2, -0.15) is 0 Å². The van der Waals surface area contributed by atoms with Crippen LogP contribution in [0.5, 0.6) is 0 Å². The van der Waals surface area contributed by atoms with Crippen LogP contribution in [0, 0.1) is 5.82 Å². The molecule has 2 aromatic rings. The first-order chi connectivity index (χ1) is 10.1. The first kappa shape index (κ1) is 14.3. The zero-order valence-electron chi connectivity index (χ0n) is 11.9. The van der Waals surface area contributed by atoms with Crippen molar-refractivity contribution in [3.63, 3.8) is 0 Å². The van der Waals surface area contributed by atoms with Gasteiger partial charge in [0, 0.05) is 22.5 Å². The van der Waals surface area contributed by atoms with Gasteiger partial charge in [-0.25, -0.2) is 14.3 Å². The maximum Gasteiger partial charge on any atom is 0.344 e. The van der Waals surface area contributed by atoms with Gasteiger partial charge in [0.15, 0.2) is 5.16 Å². The van der Waals surface area contributed by atoms with Crippen molar-refractivity contribution in [1.29, 1.82) is 0 Å². The van der Waals surface area contributed by atoms with E-state index in [0.717, 1.165) is 17.7 Å². The fraction of sp³-hybridized carbons (Fsp3) is 0.429. The highest BCUT2D eigenvalue weighted by Crippen LogP contribution is 2.39. The van der Waals surface area contributed by atoms with Gasteiger partial charge in [-0.15, -0.1) is 5.10 Å². The minimum absolute atomic E-state index is 0.117. The van der Waals surface area contributed by atoms with Crippen molar-refractivity contribution in [2.45, 2.75) is 41.9 Å². The summed E-state index contributed by atoms with van der Waals surface area (Å²) in [6.07, 6.45) is 1.99. The summed E-state index contributed by atoms with van der Waals surface area (Å²) >= 11 is 1.33. The highest BCUT2D eigenvalue weighted by atomic mass is 32.2. The van der Waals surface area contributed by atoms with Crippen LogP contribution in [0.1, 0.15) is 37.4 Å². The van der Waals surface area contributed by atoms with Crippen molar-refractivity contribution in [2.75, 3.05) is 7.05 Å². The summed E-state index contributed by atoms with van der Waals surface area (Å²) in [5.41, 5.74) is 0.405. The maximum atomic E-state index is 14.1. The molecule has 0 bridgehead atoms. The minimum Gasteiger partial charge on any atom is -0.313 e. The molecule has 0 saturated heterocycles. The second-order valence-corrected chi connectivity index (χ2v) is 6.19.